The second-order valence-electron chi connectivity index (χ2n) is 4.84. The molecule has 0 atom stereocenters. The molecular formula is C15H20N2. The summed E-state index contributed by atoms with van der Waals surface area (Å²) < 4.78 is 0. The van der Waals surface area contributed by atoms with Gasteiger partial charge in [0.2, 0.25) is 0 Å². The van der Waals surface area contributed by atoms with Crippen LogP contribution in [0.25, 0.3) is 10.9 Å². The molecule has 0 amide bonds. The number of para-hydroxylation sites is 1. The molecule has 1 N–H and O–H groups in total. The Morgan fingerprint density at radius 3 is 2.76 bits per heavy atom. The van der Waals surface area contributed by atoms with E-state index >= 15 is 0 Å². The van der Waals surface area contributed by atoms with Gasteiger partial charge in [-0.2, -0.15) is 0 Å². The van der Waals surface area contributed by atoms with Gasteiger partial charge in [0.05, 0.1) is 5.52 Å². The van der Waals surface area contributed by atoms with Crippen molar-refractivity contribution in [3.63, 3.8) is 0 Å². The van der Waals surface area contributed by atoms with Gasteiger partial charge in [0.1, 0.15) is 0 Å². The molecule has 17 heavy (non-hydrogen) atoms. The van der Waals surface area contributed by atoms with Crippen LogP contribution in [0.5, 0.6) is 0 Å². The third-order valence-corrected chi connectivity index (χ3v) is 2.77. The average molecular weight is 228 g/mol. The summed E-state index contributed by atoms with van der Waals surface area (Å²) >= 11 is 0. The van der Waals surface area contributed by atoms with Crippen molar-refractivity contribution in [1.82, 2.24) is 10.3 Å². The van der Waals surface area contributed by atoms with Gasteiger partial charge in [-0.25, -0.2) is 0 Å². The molecule has 1 aromatic carbocycles. The number of nitrogens with zero attached hydrogens (tertiary/aromatic N) is 1. The molecule has 0 spiro atoms. The highest BCUT2D eigenvalue weighted by Crippen LogP contribution is 2.11. The van der Waals surface area contributed by atoms with E-state index in [9.17, 15) is 0 Å². The summed E-state index contributed by atoms with van der Waals surface area (Å²) in [7, 11) is 0. The third-order valence-electron chi connectivity index (χ3n) is 2.77. The summed E-state index contributed by atoms with van der Waals surface area (Å²) in [5.41, 5.74) is 2.26. The van der Waals surface area contributed by atoms with Crippen LogP contribution >= 0.6 is 0 Å². The quantitative estimate of drug-likeness (QED) is 0.796. The van der Waals surface area contributed by atoms with E-state index in [0.717, 1.165) is 25.0 Å². The van der Waals surface area contributed by atoms with Crippen LogP contribution in [-0.4, -0.2) is 18.1 Å². The summed E-state index contributed by atoms with van der Waals surface area (Å²) in [4.78, 5) is 4.65. The third kappa shape index (κ3) is 3.53. The first kappa shape index (κ1) is 12.1. The molecule has 0 aliphatic carbocycles. The highest BCUT2D eigenvalue weighted by Gasteiger charge is 1.98. The number of rotatable bonds is 5. The summed E-state index contributed by atoms with van der Waals surface area (Å²) in [6.45, 7) is 6.53. The fourth-order valence-electron chi connectivity index (χ4n) is 1.85. The van der Waals surface area contributed by atoms with Crippen molar-refractivity contribution in [2.75, 3.05) is 13.1 Å². The lowest BCUT2D eigenvalue weighted by Gasteiger charge is -2.07. The van der Waals surface area contributed by atoms with Crippen LogP contribution in [0.2, 0.25) is 0 Å². The standard InChI is InChI=1S/C15H20N2/c1-12(2)11-16-10-9-14-8-7-13-5-3-4-6-15(13)17-14/h3-8,12,16H,9-11H2,1-2H3. The molecule has 0 aliphatic heterocycles. The van der Waals surface area contributed by atoms with Crippen molar-refractivity contribution in [3.05, 3.63) is 42.1 Å². The normalized spacial score (nSPS) is 11.2. The lowest BCUT2D eigenvalue weighted by molar-refractivity contribution is 0.553. The molecule has 2 aromatic rings. The zero-order valence-electron chi connectivity index (χ0n) is 10.6. The van der Waals surface area contributed by atoms with Gasteiger partial charge in [-0.05, 0) is 24.6 Å². The molecule has 0 saturated carbocycles. The second-order valence-corrected chi connectivity index (χ2v) is 4.84. The van der Waals surface area contributed by atoms with E-state index < -0.39 is 0 Å². The van der Waals surface area contributed by atoms with Gasteiger partial charge in [-0.15, -0.1) is 0 Å². The van der Waals surface area contributed by atoms with E-state index in [1.807, 2.05) is 12.1 Å². The van der Waals surface area contributed by atoms with Crippen LogP contribution in [0.4, 0.5) is 0 Å². The Kier molecular flexibility index (Phi) is 4.10. The van der Waals surface area contributed by atoms with Crippen molar-refractivity contribution in [2.45, 2.75) is 20.3 Å². The molecule has 2 heteroatoms. The molecule has 0 unspecified atom stereocenters. The molecule has 2 rings (SSSR count). The maximum absolute atomic E-state index is 4.65. The van der Waals surface area contributed by atoms with Gasteiger partial charge in [-0.1, -0.05) is 38.1 Å². The smallest absolute Gasteiger partial charge is 0.0705 e. The number of nitrogens with one attached hydrogen (secondary N) is 1. The first-order valence-corrected chi connectivity index (χ1v) is 6.31. The zero-order valence-corrected chi connectivity index (χ0v) is 10.6. The van der Waals surface area contributed by atoms with Gasteiger partial charge < -0.3 is 5.32 Å². The molecule has 0 saturated heterocycles. The Labute approximate surface area is 103 Å². The first-order chi connectivity index (χ1) is 8.25. The molecule has 1 heterocycles. The molecule has 2 nitrogen and oxygen atoms in total. The van der Waals surface area contributed by atoms with Crippen LogP contribution in [0.3, 0.4) is 0 Å². The monoisotopic (exact) mass is 228 g/mol. The number of pyridine rings is 1. The average Bonchev–Trinajstić information content (AvgIpc) is 2.34. The summed E-state index contributed by atoms with van der Waals surface area (Å²) in [6.07, 6.45) is 0.998. The highest BCUT2D eigenvalue weighted by molar-refractivity contribution is 5.78. The second kappa shape index (κ2) is 5.78. The largest absolute Gasteiger partial charge is 0.316 e. The number of aromatic nitrogens is 1. The van der Waals surface area contributed by atoms with E-state index in [0.29, 0.717) is 5.92 Å². The molecule has 90 valence electrons. The van der Waals surface area contributed by atoms with Gasteiger partial charge >= 0.3 is 0 Å². The summed E-state index contributed by atoms with van der Waals surface area (Å²) in [6, 6.07) is 12.5. The summed E-state index contributed by atoms with van der Waals surface area (Å²) in [5, 5.41) is 4.66. The molecule has 0 radical (unpaired) electrons. The fourth-order valence-corrected chi connectivity index (χ4v) is 1.85. The Balaban J connectivity index is 1.95. The van der Waals surface area contributed by atoms with Crippen LogP contribution in [-0.2, 0) is 6.42 Å². The molecule has 0 fully saturated rings. The van der Waals surface area contributed by atoms with Gasteiger partial charge in [0.25, 0.3) is 0 Å². The predicted octanol–water partition coefficient (Wildman–Crippen LogP) is 3.02. The van der Waals surface area contributed by atoms with Gasteiger partial charge in [-0.3, -0.25) is 4.98 Å². The van der Waals surface area contributed by atoms with Crippen molar-refractivity contribution in [2.24, 2.45) is 5.92 Å². The van der Waals surface area contributed by atoms with Crippen molar-refractivity contribution in [3.8, 4) is 0 Å². The predicted molar refractivity (Wildman–Crippen MR) is 73.2 cm³/mol. The van der Waals surface area contributed by atoms with E-state index in [4.69, 9.17) is 0 Å². The minimum Gasteiger partial charge on any atom is -0.316 e. The number of benzene rings is 1. The first-order valence-electron chi connectivity index (χ1n) is 6.31. The Bertz CT molecular complexity index is 477. The molecule has 1 aromatic heterocycles. The molecule has 0 aliphatic rings. The lowest BCUT2D eigenvalue weighted by atomic mass is 10.2. The fraction of sp³-hybridized carbons (Fsp3) is 0.400. The topological polar surface area (TPSA) is 24.9 Å². The number of fused-ring (bicyclic) bond motifs is 1. The van der Waals surface area contributed by atoms with E-state index in [1.54, 1.807) is 0 Å². The van der Waals surface area contributed by atoms with Crippen molar-refractivity contribution < 1.29 is 0 Å². The van der Waals surface area contributed by atoms with Crippen molar-refractivity contribution in [1.29, 1.82) is 0 Å². The maximum atomic E-state index is 4.65. The number of hydrogen-bond donors (Lipinski definition) is 1. The Hall–Kier alpha value is -1.41. The van der Waals surface area contributed by atoms with Gasteiger partial charge in [0, 0.05) is 24.0 Å². The molecule has 0 bridgehead atoms. The van der Waals surface area contributed by atoms with Crippen LogP contribution in [0.1, 0.15) is 19.5 Å². The highest BCUT2D eigenvalue weighted by atomic mass is 14.9. The Morgan fingerprint density at radius 2 is 1.94 bits per heavy atom. The molecular weight excluding hydrogens is 208 g/mol. The SMILES string of the molecule is CC(C)CNCCc1ccc2ccccc2n1. The Morgan fingerprint density at radius 1 is 1.12 bits per heavy atom. The van der Waals surface area contributed by atoms with Crippen molar-refractivity contribution >= 4 is 10.9 Å². The zero-order chi connectivity index (χ0) is 12.1. The van der Waals surface area contributed by atoms with E-state index in [1.165, 1.54) is 11.1 Å². The summed E-state index contributed by atoms with van der Waals surface area (Å²) in [5.74, 6) is 0.708. The van der Waals surface area contributed by atoms with E-state index in [-0.39, 0.29) is 0 Å². The minimum atomic E-state index is 0.708. The van der Waals surface area contributed by atoms with Crippen LogP contribution in [0, 0.1) is 5.92 Å². The lowest BCUT2D eigenvalue weighted by Crippen LogP contribution is -2.22. The minimum absolute atomic E-state index is 0.708. The number of hydrogen-bond acceptors (Lipinski definition) is 2. The maximum Gasteiger partial charge on any atom is 0.0705 e. The van der Waals surface area contributed by atoms with Crippen LogP contribution < -0.4 is 5.32 Å². The van der Waals surface area contributed by atoms with Crippen LogP contribution in [0.15, 0.2) is 36.4 Å². The van der Waals surface area contributed by atoms with Gasteiger partial charge in [0.15, 0.2) is 0 Å². The van der Waals surface area contributed by atoms with E-state index in [2.05, 4.69) is 48.4 Å².